The molecule has 1 aromatic rings. The molecule has 2 N–H and O–H groups in total. The molecule has 110 valence electrons. The van der Waals surface area contributed by atoms with Gasteiger partial charge in [0, 0.05) is 27.9 Å². The van der Waals surface area contributed by atoms with E-state index < -0.39 is 0 Å². The van der Waals surface area contributed by atoms with Gasteiger partial charge in [0.15, 0.2) is 0 Å². The van der Waals surface area contributed by atoms with E-state index in [1.54, 1.807) is 0 Å². The molecule has 0 aliphatic carbocycles. The summed E-state index contributed by atoms with van der Waals surface area (Å²) < 4.78 is 1.13. The van der Waals surface area contributed by atoms with Gasteiger partial charge >= 0.3 is 0 Å². The van der Waals surface area contributed by atoms with E-state index in [1.165, 1.54) is 0 Å². The van der Waals surface area contributed by atoms with Crippen LogP contribution in [0.2, 0.25) is 0 Å². The zero-order chi connectivity index (χ0) is 14.6. The molecule has 0 aromatic heterocycles. The van der Waals surface area contributed by atoms with Crippen molar-refractivity contribution < 1.29 is 4.79 Å². The topological polar surface area (TPSA) is 44.4 Å². The third-order valence-electron chi connectivity index (χ3n) is 4.04. The Bertz CT molecular complexity index is 470. The highest BCUT2D eigenvalue weighted by molar-refractivity contribution is 14.1. The van der Waals surface area contributed by atoms with E-state index in [1.807, 2.05) is 31.3 Å². The van der Waals surface area contributed by atoms with Crippen LogP contribution in [-0.2, 0) is 4.79 Å². The van der Waals surface area contributed by atoms with Crippen LogP contribution in [0.5, 0.6) is 0 Å². The van der Waals surface area contributed by atoms with E-state index in [-0.39, 0.29) is 11.4 Å². The van der Waals surface area contributed by atoms with Crippen LogP contribution in [0, 0.1) is 3.57 Å². The molecule has 0 radical (unpaired) electrons. The number of anilines is 1. The lowest BCUT2D eigenvalue weighted by Crippen LogP contribution is -2.51. The molecule has 0 bridgehead atoms. The number of carbonyl (C=O) groups is 1. The zero-order valence-corrected chi connectivity index (χ0v) is 14.2. The monoisotopic (exact) mass is 387 g/mol. The molecule has 5 heteroatoms. The van der Waals surface area contributed by atoms with Crippen LogP contribution >= 0.6 is 22.6 Å². The fourth-order valence-electron chi connectivity index (χ4n) is 2.42. The van der Waals surface area contributed by atoms with Crippen molar-refractivity contribution in [3.05, 3.63) is 27.8 Å². The highest BCUT2D eigenvalue weighted by Gasteiger charge is 2.28. The molecule has 20 heavy (non-hydrogen) atoms. The Morgan fingerprint density at radius 1 is 1.40 bits per heavy atom. The highest BCUT2D eigenvalue weighted by Crippen LogP contribution is 2.21. The average Bonchev–Trinajstić information content (AvgIpc) is 2.42. The van der Waals surface area contributed by atoms with Gasteiger partial charge in [-0.05, 0) is 67.6 Å². The molecule has 2 rings (SSSR count). The van der Waals surface area contributed by atoms with Crippen LogP contribution in [-0.4, -0.2) is 43.0 Å². The van der Waals surface area contributed by atoms with Gasteiger partial charge in [-0.3, -0.25) is 9.69 Å². The first-order valence-corrected chi connectivity index (χ1v) is 8.05. The maximum Gasteiger partial charge on any atom is 0.238 e. The third kappa shape index (κ3) is 4.43. The Labute approximate surface area is 134 Å². The Hall–Kier alpha value is -0.660. The van der Waals surface area contributed by atoms with Crippen molar-refractivity contribution in [3.8, 4) is 0 Å². The first kappa shape index (κ1) is 15.7. The second-order valence-corrected chi connectivity index (χ2v) is 6.89. The number of hydrogen-bond donors (Lipinski definition) is 2. The summed E-state index contributed by atoms with van der Waals surface area (Å²) in [6, 6.07) is 7.87. The molecule has 1 saturated heterocycles. The Morgan fingerprint density at radius 2 is 2.10 bits per heavy atom. The maximum absolute atomic E-state index is 12.1. The largest absolute Gasteiger partial charge is 0.325 e. The molecule has 1 heterocycles. The zero-order valence-electron chi connectivity index (χ0n) is 12.1. The molecule has 1 fully saturated rings. The van der Waals surface area contributed by atoms with Gasteiger partial charge in [0.1, 0.15) is 0 Å². The summed E-state index contributed by atoms with van der Waals surface area (Å²) in [6.45, 7) is 4.66. The summed E-state index contributed by atoms with van der Waals surface area (Å²) in [5.41, 5.74) is 1.10. The molecule has 1 amide bonds. The van der Waals surface area contributed by atoms with E-state index in [2.05, 4.69) is 45.0 Å². The molecule has 4 nitrogen and oxygen atoms in total. The van der Waals surface area contributed by atoms with E-state index in [9.17, 15) is 4.79 Å². The number of nitrogens with zero attached hydrogens (tertiary/aromatic N) is 1. The quantitative estimate of drug-likeness (QED) is 0.780. The van der Waals surface area contributed by atoms with Gasteiger partial charge in [-0.1, -0.05) is 6.07 Å². The van der Waals surface area contributed by atoms with E-state index in [0.717, 1.165) is 35.2 Å². The van der Waals surface area contributed by atoms with Crippen molar-refractivity contribution in [1.29, 1.82) is 0 Å². The first-order valence-electron chi connectivity index (χ1n) is 6.97. The number of carbonyl (C=O) groups excluding carboxylic acids is 1. The number of hydrogen-bond acceptors (Lipinski definition) is 3. The van der Waals surface area contributed by atoms with Gasteiger partial charge < -0.3 is 10.6 Å². The number of nitrogens with one attached hydrogen (secondary N) is 2. The van der Waals surface area contributed by atoms with Crippen molar-refractivity contribution in [3.63, 3.8) is 0 Å². The number of piperidine rings is 1. The molecule has 0 unspecified atom stereocenters. The molecule has 0 atom stereocenters. The lowest BCUT2D eigenvalue weighted by molar-refractivity contribution is -0.117. The van der Waals surface area contributed by atoms with Crippen molar-refractivity contribution in [2.75, 3.05) is 32.0 Å². The molecular weight excluding hydrogens is 365 g/mol. The average molecular weight is 387 g/mol. The van der Waals surface area contributed by atoms with E-state index >= 15 is 0 Å². The summed E-state index contributed by atoms with van der Waals surface area (Å²) in [5, 5.41) is 6.34. The van der Waals surface area contributed by atoms with Crippen LogP contribution in [0.1, 0.15) is 19.8 Å². The molecule has 1 aromatic carbocycles. The summed E-state index contributed by atoms with van der Waals surface area (Å²) in [5.74, 6) is 0.0695. The fraction of sp³-hybridized carbons (Fsp3) is 0.533. The maximum atomic E-state index is 12.1. The van der Waals surface area contributed by atoms with Crippen LogP contribution in [0.15, 0.2) is 24.3 Å². The summed E-state index contributed by atoms with van der Waals surface area (Å²) in [7, 11) is 2.01. The Balaban J connectivity index is 1.81. The number of benzene rings is 1. The van der Waals surface area contributed by atoms with Crippen molar-refractivity contribution in [2.24, 2.45) is 0 Å². The van der Waals surface area contributed by atoms with Crippen molar-refractivity contribution in [1.82, 2.24) is 10.2 Å². The van der Waals surface area contributed by atoms with E-state index in [4.69, 9.17) is 0 Å². The van der Waals surface area contributed by atoms with Gasteiger partial charge in [0.05, 0.1) is 6.54 Å². The standard InChI is InChI=1S/C15H22IN3O/c1-15(17-2)6-8-19(9-7-15)11-14(20)18-13-5-3-4-12(16)10-13/h3-5,10,17H,6-9,11H2,1-2H3,(H,18,20). The number of likely N-dealkylation sites (tertiary alicyclic amines) is 1. The normalized spacial score (nSPS) is 18.8. The molecule has 0 spiro atoms. The number of halogens is 1. The molecular formula is C15H22IN3O. The van der Waals surface area contributed by atoms with Gasteiger partial charge in [0.2, 0.25) is 5.91 Å². The van der Waals surface area contributed by atoms with Gasteiger partial charge in [-0.2, -0.15) is 0 Å². The lowest BCUT2D eigenvalue weighted by atomic mass is 9.90. The Kier molecular flexibility index (Phi) is 5.40. The summed E-state index contributed by atoms with van der Waals surface area (Å²) in [4.78, 5) is 14.3. The minimum absolute atomic E-state index is 0.0695. The Morgan fingerprint density at radius 3 is 2.70 bits per heavy atom. The lowest BCUT2D eigenvalue weighted by Gasteiger charge is -2.39. The molecule has 1 aliphatic rings. The summed E-state index contributed by atoms with van der Waals surface area (Å²) in [6.07, 6.45) is 2.17. The minimum Gasteiger partial charge on any atom is -0.325 e. The second kappa shape index (κ2) is 6.87. The SMILES string of the molecule is CNC1(C)CCN(CC(=O)Nc2cccc(I)c2)CC1. The van der Waals surface area contributed by atoms with Crippen LogP contribution in [0.3, 0.4) is 0 Å². The predicted molar refractivity (Wildman–Crippen MR) is 90.9 cm³/mol. The van der Waals surface area contributed by atoms with Gasteiger partial charge in [-0.25, -0.2) is 0 Å². The highest BCUT2D eigenvalue weighted by atomic mass is 127. The third-order valence-corrected chi connectivity index (χ3v) is 4.71. The van der Waals surface area contributed by atoms with E-state index in [0.29, 0.717) is 6.54 Å². The molecule has 1 aliphatic heterocycles. The first-order chi connectivity index (χ1) is 9.50. The second-order valence-electron chi connectivity index (χ2n) is 5.65. The summed E-state index contributed by atoms with van der Waals surface area (Å²) >= 11 is 2.25. The fourth-order valence-corrected chi connectivity index (χ4v) is 2.97. The molecule has 0 saturated carbocycles. The van der Waals surface area contributed by atoms with Crippen LogP contribution < -0.4 is 10.6 Å². The van der Waals surface area contributed by atoms with Crippen molar-refractivity contribution >= 4 is 34.2 Å². The minimum atomic E-state index is 0.0695. The van der Waals surface area contributed by atoms with Crippen LogP contribution in [0.4, 0.5) is 5.69 Å². The van der Waals surface area contributed by atoms with Gasteiger partial charge in [-0.15, -0.1) is 0 Å². The van der Waals surface area contributed by atoms with Crippen molar-refractivity contribution in [2.45, 2.75) is 25.3 Å². The smallest absolute Gasteiger partial charge is 0.238 e. The number of amides is 1. The predicted octanol–water partition coefficient (Wildman–Crippen LogP) is 2.30. The van der Waals surface area contributed by atoms with Crippen LogP contribution in [0.25, 0.3) is 0 Å². The number of rotatable bonds is 4. The van der Waals surface area contributed by atoms with Gasteiger partial charge in [0.25, 0.3) is 0 Å².